The zero-order valence-electron chi connectivity index (χ0n) is 7.38. The molecule has 0 radical (unpaired) electrons. The molecular formula is C10H14N2. The first-order chi connectivity index (χ1) is 5.79. The number of nitrogens with zero attached hydrogens (tertiary/aromatic N) is 1. The third-order valence-electron chi connectivity index (χ3n) is 2.52. The van der Waals surface area contributed by atoms with E-state index in [2.05, 4.69) is 18.0 Å². The highest BCUT2D eigenvalue weighted by molar-refractivity contribution is 5.29. The summed E-state index contributed by atoms with van der Waals surface area (Å²) < 4.78 is 0. The van der Waals surface area contributed by atoms with Gasteiger partial charge in [0.15, 0.2) is 0 Å². The molecule has 0 spiro atoms. The van der Waals surface area contributed by atoms with Crippen LogP contribution in [0, 0.1) is 12.8 Å². The van der Waals surface area contributed by atoms with Crippen molar-refractivity contribution < 1.29 is 0 Å². The number of rotatable bonds is 1. The standard InChI is InChI=1S/C10H14N2/c1-7-2-9-3-8(5-11)4-10(9)12-6-7/h2,6,8H,3-5,11H2,1H3. The van der Waals surface area contributed by atoms with E-state index in [-0.39, 0.29) is 0 Å². The molecule has 0 aromatic carbocycles. The lowest BCUT2D eigenvalue weighted by Crippen LogP contribution is -2.13. The van der Waals surface area contributed by atoms with Gasteiger partial charge in [0.05, 0.1) is 0 Å². The Morgan fingerprint density at radius 3 is 3.17 bits per heavy atom. The molecule has 64 valence electrons. The van der Waals surface area contributed by atoms with Crippen molar-refractivity contribution in [2.24, 2.45) is 11.7 Å². The zero-order valence-corrected chi connectivity index (χ0v) is 7.38. The monoisotopic (exact) mass is 162 g/mol. The third kappa shape index (κ3) is 1.23. The number of hydrogen-bond donors (Lipinski definition) is 1. The van der Waals surface area contributed by atoms with Gasteiger partial charge in [-0.3, -0.25) is 4.98 Å². The molecule has 1 heterocycles. The maximum Gasteiger partial charge on any atom is 0.0439 e. The molecule has 0 amide bonds. The molecule has 0 saturated heterocycles. The first kappa shape index (κ1) is 7.74. The predicted octanol–water partition coefficient (Wildman–Crippen LogP) is 1.06. The van der Waals surface area contributed by atoms with Gasteiger partial charge >= 0.3 is 0 Å². The van der Waals surface area contributed by atoms with Crippen LogP contribution in [0.1, 0.15) is 16.8 Å². The van der Waals surface area contributed by atoms with Gasteiger partial charge in [-0.2, -0.15) is 0 Å². The van der Waals surface area contributed by atoms with Crippen molar-refractivity contribution in [1.29, 1.82) is 0 Å². The maximum atomic E-state index is 5.62. The Labute approximate surface area is 72.8 Å². The van der Waals surface area contributed by atoms with Crippen LogP contribution in [0.25, 0.3) is 0 Å². The Balaban J connectivity index is 2.30. The van der Waals surface area contributed by atoms with Crippen molar-refractivity contribution in [2.45, 2.75) is 19.8 Å². The second kappa shape index (κ2) is 2.87. The van der Waals surface area contributed by atoms with E-state index in [1.54, 1.807) is 0 Å². The van der Waals surface area contributed by atoms with Gasteiger partial charge in [0.2, 0.25) is 0 Å². The summed E-state index contributed by atoms with van der Waals surface area (Å²) in [6, 6.07) is 2.23. The largest absolute Gasteiger partial charge is 0.330 e. The third-order valence-corrected chi connectivity index (χ3v) is 2.52. The molecule has 0 fully saturated rings. The average Bonchev–Trinajstić information content (AvgIpc) is 2.46. The van der Waals surface area contributed by atoms with Gasteiger partial charge in [0.1, 0.15) is 0 Å². The number of aryl methyl sites for hydroxylation is 1. The molecule has 1 unspecified atom stereocenters. The lowest BCUT2D eigenvalue weighted by molar-refractivity contribution is 0.572. The van der Waals surface area contributed by atoms with Gasteiger partial charge in [-0.15, -0.1) is 0 Å². The Kier molecular flexibility index (Phi) is 1.85. The molecule has 12 heavy (non-hydrogen) atoms. The van der Waals surface area contributed by atoms with Gasteiger partial charge in [-0.05, 0) is 43.4 Å². The van der Waals surface area contributed by atoms with E-state index < -0.39 is 0 Å². The molecule has 1 aromatic heterocycles. The van der Waals surface area contributed by atoms with Gasteiger partial charge in [-0.25, -0.2) is 0 Å². The van der Waals surface area contributed by atoms with Crippen LogP contribution in [0.3, 0.4) is 0 Å². The molecule has 1 aliphatic rings. The van der Waals surface area contributed by atoms with Gasteiger partial charge in [-0.1, -0.05) is 6.07 Å². The Morgan fingerprint density at radius 1 is 1.58 bits per heavy atom. The van der Waals surface area contributed by atoms with Crippen LogP contribution in [-0.4, -0.2) is 11.5 Å². The molecule has 2 N–H and O–H groups in total. The van der Waals surface area contributed by atoms with Crippen molar-refractivity contribution in [3.05, 3.63) is 29.1 Å². The summed E-state index contributed by atoms with van der Waals surface area (Å²) in [5, 5.41) is 0. The normalized spacial score (nSPS) is 21.0. The molecule has 2 heteroatoms. The average molecular weight is 162 g/mol. The first-order valence-corrected chi connectivity index (χ1v) is 4.44. The van der Waals surface area contributed by atoms with Crippen LogP contribution in [-0.2, 0) is 12.8 Å². The highest BCUT2D eigenvalue weighted by Crippen LogP contribution is 2.24. The first-order valence-electron chi connectivity index (χ1n) is 4.44. The fourth-order valence-electron chi connectivity index (χ4n) is 1.84. The SMILES string of the molecule is Cc1cnc2c(c1)CC(CN)C2. The number of aromatic nitrogens is 1. The number of hydrogen-bond acceptors (Lipinski definition) is 2. The molecule has 2 rings (SSSR count). The van der Waals surface area contributed by atoms with Crippen molar-refractivity contribution in [3.8, 4) is 0 Å². The van der Waals surface area contributed by atoms with E-state index in [1.165, 1.54) is 16.8 Å². The fraction of sp³-hybridized carbons (Fsp3) is 0.500. The number of fused-ring (bicyclic) bond motifs is 1. The van der Waals surface area contributed by atoms with Crippen LogP contribution in [0.15, 0.2) is 12.3 Å². The highest BCUT2D eigenvalue weighted by Gasteiger charge is 2.20. The minimum Gasteiger partial charge on any atom is -0.330 e. The van der Waals surface area contributed by atoms with Crippen molar-refractivity contribution >= 4 is 0 Å². The molecule has 1 aromatic rings. The van der Waals surface area contributed by atoms with Crippen LogP contribution < -0.4 is 5.73 Å². The van der Waals surface area contributed by atoms with Gasteiger partial charge in [0, 0.05) is 11.9 Å². The molecule has 0 saturated carbocycles. The molecule has 0 bridgehead atoms. The van der Waals surface area contributed by atoms with E-state index in [0.717, 1.165) is 19.4 Å². The fourth-order valence-corrected chi connectivity index (χ4v) is 1.84. The minimum absolute atomic E-state index is 0.634. The van der Waals surface area contributed by atoms with Crippen molar-refractivity contribution in [3.63, 3.8) is 0 Å². The van der Waals surface area contributed by atoms with E-state index in [4.69, 9.17) is 5.73 Å². The summed E-state index contributed by atoms with van der Waals surface area (Å²) in [6.45, 7) is 2.87. The smallest absolute Gasteiger partial charge is 0.0439 e. The molecule has 0 aliphatic heterocycles. The van der Waals surface area contributed by atoms with Gasteiger partial charge in [0.25, 0.3) is 0 Å². The van der Waals surface area contributed by atoms with E-state index >= 15 is 0 Å². The van der Waals surface area contributed by atoms with Crippen LogP contribution >= 0.6 is 0 Å². The number of pyridine rings is 1. The van der Waals surface area contributed by atoms with Crippen molar-refractivity contribution in [2.75, 3.05) is 6.54 Å². The molecular weight excluding hydrogens is 148 g/mol. The Hall–Kier alpha value is -0.890. The predicted molar refractivity (Wildman–Crippen MR) is 48.9 cm³/mol. The Bertz CT molecular complexity index is 294. The molecule has 2 nitrogen and oxygen atoms in total. The summed E-state index contributed by atoms with van der Waals surface area (Å²) in [6.07, 6.45) is 4.14. The van der Waals surface area contributed by atoms with Crippen LogP contribution in [0.4, 0.5) is 0 Å². The summed E-state index contributed by atoms with van der Waals surface area (Å²) in [5.74, 6) is 0.634. The minimum atomic E-state index is 0.634. The lowest BCUT2D eigenvalue weighted by atomic mass is 10.1. The maximum absolute atomic E-state index is 5.62. The lowest BCUT2D eigenvalue weighted by Gasteiger charge is -2.00. The summed E-state index contributed by atoms with van der Waals surface area (Å²) >= 11 is 0. The van der Waals surface area contributed by atoms with Crippen LogP contribution in [0.2, 0.25) is 0 Å². The molecule has 1 atom stereocenters. The Morgan fingerprint density at radius 2 is 2.42 bits per heavy atom. The van der Waals surface area contributed by atoms with Crippen LogP contribution in [0.5, 0.6) is 0 Å². The van der Waals surface area contributed by atoms with Crippen molar-refractivity contribution in [1.82, 2.24) is 4.98 Å². The highest BCUT2D eigenvalue weighted by atomic mass is 14.7. The molecule has 1 aliphatic carbocycles. The zero-order chi connectivity index (χ0) is 8.55. The summed E-state index contributed by atoms with van der Waals surface area (Å²) in [5.41, 5.74) is 9.55. The van der Waals surface area contributed by atoms with E-state index in [0.29, 0.717) is 5.92 Å². The topological polar surface area (TPSA) is 38.9 Å². The second-order valence-electron chi connectivity index (χ2n) is 3.63. The van der Waals surface area contributed by atoms with E-state index in [9.17, 15) is 0 Å². The second-order valence-corrected chi connectivity index (χ2v) is 3.63. The number of nitrogens with two attached hydrogens (primary N) is 1. The summed E-state index contributed by atoms with van der Waals surface area (Å²) in [7, 11) is 0. The van der Waals surface area contributed by atoms with E-state index in [1.807, 2.05) is 6.20 Å². The van der Waals surface area contributed by atoms with Gasteiger partial charge < -0.3 is 5.73 Å². The summed E-state index contributed by atoms with van der Waals surface area (Å²) in [4.78, 5) is 4.40. The quantitative estimate of drug-likeness (QED) is 0.670.